The van der Waals surface area contributed by atoms with E-state index in [1.165, 1.54) is 34.3 Å². The van der Waals surface area contributed by atoms with Crippen LogP contribution in [0.25, 0.3) is 0 Å². The van der Waals surface area contributed by atoms with Crippen molar-refractivity contribution in [2.45, 2.75) is 52.5 Å². The fourth-order valence-electron chi connectivity index (χ4n) is 1.86. The van der Waals surface area contributed by atoms with Gasteiger partial charge in [-0.1, -0.05) is 20.8 Å². The van der Waals surface area contributed by atoms with Crippen LogP contribution in [0.15, 0.2) is 15.9 Å². The van der Waals surface area contributed by atoms with Gasteiger partial charge in [0.2, 0.25) is 0 Å². The summed E-state index contributed by atoms with van der Waals surface area (Å²) in [6.07, 6.45) is 4.98. The molecule has 17 heavy (non-hydrogen) atoms. The Balaban J connectivity index is 2.44. The van der Waals surface area contributed by atoms with E-state index >= 15 is 0 Å². The van der Waals surface area contributed by atoms with E-state index in [-0.39, 0.29) is 0 Å². The lowest BCUT2D eigenvalue weighted by atomic mass is 10.0. The first-order valence-electron chi connectivity index (χ1n) is 6.59. The Hall–Kier alpha value is 0.140. The molecule has 1 heterocycles. The van der Waals surface area contributed by atoms with Gasteiger partial charge in [0.05, 0.1) is 3.79 Å². The zero-order valence-electron chi connectivity index (χ0n) is 11.1. The van der Waals surface area contributed by atoms with E-state index < -0.39 is 0 Å². The van der Waals surface area contributed by atoms with Gasteiger partial charge < -0.3 is 5.32 Å². The Labute approximate surface area is 118 Å². The summed E-state index contributed by atoms with van der Waals surface area (Å²) in [5.74, 6) is 0.802. The molecule has 1 atom stereocenters. The summed E-state index contributed by atoms with van der Waals surface area (Å²) in [5, 5.41) is 3.67. The molecular formula is C14H24BrNS. The van der Waals surface area contributed by atoms with Gasteiger partial charge in [-0.2, -0.15) is 0 Å². The minimum Gasteiger partial charge on any atom is -0.314 e. The van der Waals surface area contributed by atoms with Gasteiger partial charge in [0.15, 0.2) is 0 Å². The van der Waals surface area contributed by atoms with Gasteiger partial charge in [0.25, 0.3) is 0 Å². The molecule has 3 heteroatoms. The Morgan fingerprint density at radius 1 is 1.29 bits per heavy atom. The largest absolute Gasteiger partial charge is 0.314 e. The van der Waals surface area contributed by atoms with E-state index in [2.05, 4.69) is 54.2 Å². The first-order valence-corrected chi connectivity index (χ1v) is 8.20. The molecule has 0 radical (unpaired) electrons. The quantitative estimate of drug-likeness (QED) is 0.722. The van der Waals surface area contributed by atoms with Crippen molar-refractivity contribution in [3.63, 3.8) is 0 Å². The molecule has 98 valence electrons. The first kappa shape index (κ1) is 15.2. The number of nitrogens with one attached hydrogen (secondary N) is 1. The van der Waals surface area contributed by atoms with E-state index in [0.29, 0.717) is 6.04 Å². The minimum absolute atomic E-state index is 0.642. The van der Waals surface area contributed by atoms with Crippen molar-refractivity contribution in [1.29, 1.82) is 0 Å². The second kappa shape index (κ2) is 8.28. The predicted octanol–water partition coefficient (Wildman–Crippen LogP) is 4.86. The average Bonchev–Trinajstić information content (AvgIpc) is 2.68. The van der Waals surface area contributed by atoms with Crippen LogP contribution in [0.3, 0.4) is 0 Å². The fourth-order valence-corrected chi connectivity index (χ4v) is 3.43. The second-order valence-electron chi connectivity index (χ2n) is 5.03. The molecule has 0 spiro atoms. The van der Waals surface area contributed by atoms with Gasteiger partial charge in [0.1, 0.15) is 0 Å². The molecule has 1 N–H and O–H groups in total. The summed E-state index contributed by atoms with van der Waals surface area (Å²) in [5.41, 5.74) is 0. The maximum atomic E-state index is 3.67. The van der Waals surface area contributed by atoms with E-state index in [9.17, 15) is 0 Å². The standard InChI is InChI=1S/C14H24BrNS/c1-4-9-16-12(6-5-11(2)3)10-13-7-8-14(15)17-13/h7-8,11-12,16H,4-6,9-10H2,1-3H3. The molecule has 1 rings (SSSR count). The number of rotatable bonds is 8. The van der Waals surface area contributed by atoms with Crippen molar-refractivity contribution in [2.24, 2.45) is 5.92 Å². The van der Waals surface area contributed by atoms with Gasteiger partial charge in [-0.15, -0.1) is 11.3 Å². The molecule has 1 nitrogen and oxygen atoms in total. The second-order valence-corrected chi connectivity index (χ2v) is 7.58. The molecule has 0 amide bonds. The van der Waals surface area contributed by atoms with Crippen LogP contribution in [0.5, 0.6) is 0 Å². The highest BCUT2D eigenvalue weighted by atomic mass is 79.9. The summed E-state index contributed by atoms with van der Waals surface area (Å²) in [6, 6.07) is 5.03. The molecule has 0 fully saturated rings. The molecule has 1 aromatic heterocycles. The van der Waals surface area contributed by atoms with Crippen molar-refractivity contribution in [3.8, 4) is 0 Å². The monoisotopic (exact) mass is 317 g/mol. The van der Waals surface area contributed by atoms with Crippen molar-refractivity contribution >= 4 is 27.3 Å². The van der Waals surface area contributed by atoms with Crippen LogP contribution < -0.4 is 5.32 Å². The predicted molar refractivity (Wildman–Crippen MR) is 81.9 cm³/mol. The van der Waals surface area contributed by atoms with Gasteiger partial charge in [-0.3, -0.25) is 0 Å². The zero-order chi connectivity index (χ0) is 12.7. The molecule has 0 aliphatic carbocycles. The smallest absolute Gasteiger partial charge is 0.0701 e. The number of hydrogen-bond acceptors (Lipinski definition) is 2. The van der Waals surface area contributed by atoms with Gasteiger partial charge >= 0.3 is 0 Å². The van der Waals surface area contributed by atoms with E-state index in [4.69, 9.17) is 0 Å². The van der Waals surface area contributed by atoms with E-state index in [0.717, 1.165) is 12.5 Å². The SMILES string of the molecule is CCCNC(CCC(C)C)Cc1ccc(Br)s1. The average molecular weight is 318 g/mol. The molecule has 1 aromatic rings. The van der Waals surface area contributed by atoms with E-state index in [1.807, 2.05) is 11.3 Å². The van der Waals surface area contributed by atoms with Crippen LogP contribution in [-0.4, -0.2) is 12.6 Å². The molecule has 0 saturated carbocycles. The Morgan fingerprint density at radius 2 is 2.06 bits per heavy atom. The molecule has 0 aliphatic rings. The first-order chi connectivity index (χ1) is 8.11. The van der Waals surface area contributed by atoms with Crippen molar-refractivity contribution < 1.29 is 0 Å². The third kappa shape index (κ3) is 6.58. The number of halogens is 1. The lowest BCUT2D eigenvalue weighted by Gasteiger charge is -2.18. The van der Waals surface area contributed by atoms with Crippen LogP contribution in [0.1, 0.15) is 44.9 Å². The Morgan fingerprint density at radius 3 is 2.59 bits per heavy atom. The van der Waals surface area contributed by atoms with E-state index in [1.54, 1.807) is 0 Å². The van der Waals surface area contributed by atoms with Crippen LogP contribution in [-0.2, 0) is 6.42 Å². The molecule has 0 aliphatic heterocycles. The molecule has 1 unspecified atom stereocenters. The molecule has 0 bridgehead atoms. The zero-order valence-corrected chi connectivity index (χ0v) is 13.5. The molecular weight excluding hydrogens is 294 g/mol. The summed E-state index contributed by atoms with van der Waals surface area (Å²) >= 11 is 5.40. The van der Waals surface area contributed by atoms with Crippen molar-refractivity contribution in [3.05, 3.63) is 20.8 Å². The lowest BCUT2D eigenvalue weighted by Crippen LogP contribution is -2.31. The third-order valence-electron chi connectivity index (χ3n) is 2.85. The van der Waals surface area contributed by atoms with Gasteiger partial charge in [0, 0.05) is 10.9 Å². The molecule has 0 saturated heterocycles. The normalized spacial score (nSPS) is 13.2. The Bertz CT molecular complexity index is 309. The Kier molecular flexibility index (Phi) is 7.40. The number of hydrogen-bond donors (Lipinski definition) is 1. The van der Waals surface area contributed by atoms with Crippen LogP contribution in [0.4, 0.5) is 0 Å². The van der Waals surface area contributed by atoms with Crippen LogP contribution >= 0.6 is 27.3 Å². The summed E-state index contributed by atoms with van der Waals surface area (Å²) in [7, 11) is 0. The van der Waals surface area contributed by atoms with Gasteiger partial charge in [-0.05, 0) is 66.2 Å². The topological polar surface area (TPSA) is 12.0 Å². The maximum Gasteiger partial charge on any atom is 0.0701 e. The highest BCUT2D eigenvalue weighted by molar-refractivity contribution is 9.11. The van der Waals surface area contributed by atoms with Gasteiger partial charge in [-0.25, -0.2) is 0 Å². The molecule has 0 aromatic carbocycles. The van der Waals surface area contributed by atoms with Crippen LogP contribution in [0.2, 0.25) is 0 Å². The minimum atomic E-state index is 0.642. The van der Waals surface area contributed by atoms with Crippen molar-refractivity contribution in [2.75, 3.05) is 6.54 Å². The highest BCUT2D eigenvalue weighted by Crippen LogP contribution is 2.24. The maximum absolute atomic E-state index is 3.67. The highest BCUT2D eigenvalue weighted by Gasteiger charge is 2.11. The summed E-state index contributed by atoms with van der Waals surface area (Å²) in [4.78, 5) is 1.48. The lowest BCUT2D eigenvalue weighted by molar-refractivity contribution is 0.429. The van der Waals surface area contributed by atoms with Crippen molar-refractivity contribution in [1.82, 2.24) is 5.32 Å². The third-order valence-corrected chi connectivity index (χ3v) is 4.50. The fraction of sp³-hybridized carbons (Fsp3) is 0.714. The summed E-state index contributed by atoms with van der Waals surface area (Å²) < 4.78 is 1.24. The van der Waals surface area contributed by atoms with Crippen LogP contribution in [0, 0.1) is 5.92 Å². The number of thiophene rings is 1. The summed E-state index contributed by atoms with van der Waals surface area (Å²) in [6.45, 7) is 7.97.